The van der Waals surface area contributed by atoms with Gasteiger partial charge in [-0.15, -0.1) is 0 Å². The summed E-state index contributed by atoms with van der Waals surface area (Å²) in [5.74, 6) is -1.28. The maximum Gasteiger partial charge on any atom is 0.307 e. The summed E-state index contributed by atoms with van der Waals surface area (Å²) in [5, 5.41) is 0.274. The monoisotopic (exact) mass is 405 g/mol. The number of benzene rings is 2. The summed E-state index contributed by atoms with van der Waals surface area (Å²) in [7, 11) is -3.89. The van der Waals surface area contributed by atoms with Crippen molar-refractivity contribution in [3.05, 3.63) is 63.9 Å². The predicted octanol–water partition coefficient (Wildman–Crippen LogP) is 3.54. The van der Waals surface area contributed by atoms with Crippen LogP contribution in [-0.4, -0.2) is 20.9 Å². The predicted molar refractivity (Wildman–Crippen MR) is 92.5 cm³/mol. The van der Waals surface area contributed by atoms with Crippen molar-refractivity contribution in [1.29, 1.82) is 0 Å². The zero-order chi connectivity index (χ0) is 18.4. The van der Waals surface area contributed by atoms with Gasteiger partial charge in [0.1, 0.15) is 12.4 Å². The minimum absolute atomic E-state index is 0.0658. The van der Waals surface area contributed by atoms with Gasteiger partial charge in [0.2, 0.25) is 10.0 Å². The Bertz CT molecular complexity index is 857. The number of ether oxygens (including phenoxy) is 1. The van der Waals surface area contributed by atoms with Gasteiger partial charge >= 0.3 is 5.97 Å². The number of carbonyl (C=O) groups excluding carboxylic acids is 1. The number of hydrogen-bond acceptors (Lipinski definition) is 4. The molecule has 0 saturated heterocycles. The normalized spacial score (nSPS) is 11.3. The van der Waals surface area contributed by atoms with Gasteiger partial charge in [-0.3, -0.25) is 4.79 Å². The number of hydrogen-bond donors (Lipinski definition) is 1. The molecule has 0 radical (unpaired) electrons. The van der Waals surface area contributed by atoms with Gasteiger partial charge < -0.3 is 4.74 Å². The van der Waals surface area contributed by atoms with Crippen LogP contribution in [0.3, 0.4) is 0 Å². The van der Waals surface area contributed by atoms with E-state index in [0.29, 0.717) is 5.02 Å². The SMILES string of the molecule is O=C(CCNS(=O)(=O)c1ccc(F)c(Cl)c1)OCc1ccc(Cl)cc1. The van der Waals surface area contributed by atoms with Crippen LogP contribution in [0.15, 0.2) is 47.4 Å². The molecular formula is C16H14Cl2FNO4S. The molecule has 0 aromatic heterocycles. The van der Waals surface area contributed by atoms with E-state index in [2.05, 4.69) is 4.72 Å². The van der Waals surface area contributed by atoms with Crippen molar-refractivity contribution < 1.29 is 22.3 Å². The molecule has 0 aliphatic heterocycles. The van der Waals surface area contributed by atoms with Crippen LogP contribution in [0.25, 0.3) is 0 Å². The minimum Gasteiger partial charge on any atom is -0.461 e. The molecule has 25 heavy (non-hydrogen) atoms. The maximum atomic E-state index is 13.1. The third kappa shape index (κ3) is 5.97. The van der Waals surface area contributed by atoms with Gasteiger partial charge in [0, 0.05) is 11.6 Å². The van der Waals surface area contributed by atoms with Gasteiger partial charge in [-0.05, 0) is 35.9 Å². The number of carbonyl (C=O) groups is 1. The average Bonchev–Trinajstić information content (AvgIpc) is 2.56. The highest BCUT2D eigenvalue weighted by atomic mass is 35.5. The molecule has 0 saturated carbocycles. The summed E-state index contributed by atoms with van der Waals surface area (Å²) in [5.41, 5.74) is 0.763. The summed E-state index contributed by atoms with van der Waals surface area (Å²) in [6.45, 7) is -0.0902. The van der Waals surface area contributed by atoms with E-state index in [1.54, 1.807) is 24.3 Å². The van der Waals surface area contributed by atoms with E-state index in [1.165, 1.54) is 0 Å². The number of rotatable bonds is 7. The van der Waals surface area contributed by atoms with Crippen LogP contribution in [0, 0.1) is 5.82 Å². The van der Waals surface area contributed by atoms with E-state index in [9.17, 15) is 17.6 Å². The Balaban J connectivity index is 1.81. The first-order chi connectivity index (χ1) is 11.8. The van der Waals surface area contributed by atoms with Crippen molar-refractivity contribution >= 4 is 39.2 Å². The van der Waals surface area contributed by atoms with Crippen molar-refractivity contribution in [3.8, 4) is 0 Å². The van der Waals surface area contributed by atoms with Gasteiger partial charge in [-0.25, -0.2) is 17.5 Å². The maximum absolute atomic E-state index is 13.1. The average molecular weight is 406 g/mol. The van der Waals surface area contributed by atoms with Crippen LogP contribution >= 0.6 is 23.2 Å². The molecule has 0 aliphatic rings. The second kappa shape index (κ2) is 8.62. The first-order valence-corrected chi connectivity index (χ1v) is 9.36. The van der Waals surface area contributed by atoms with E-state index in [1.807, 2.05) is 0 Å². The molecule has 2 aromatic rings. The largest absolute Gasteiger partial charge is 0.461 e. The number of nitrogens with one attached hydrogen (secondary N) is 1. The first kappa shape index (κ1) is 19.7. The molecule has 5 nitrogen and oxygen atoms in total. The van der Waals surface area contributed by atoms with Gasteiger partial charge in [0.25, 0.3) is 0 Å². The summed E-state index contributed by atoms with van der Waals surface area (Å²) >= 11 is 11.3. The Morgan fingerprint density at radius 3 is 2.44 bits per heavy atom. The molecule has 9 heteroatoms. The standard InChI is InChI=1S/C16H14Cl2FNO4S/c17-12-3-1-11(2-4-12)10-24-16(21)7-8-20-25(22,23)13-5-6-15(19)14(18)9-13/h1-6,9,20H,7-8,10H2. The fraction of sp³-hybridized carbons (Fsp3) is 0.188. The summed E-state index contributed by atoms with van der Waals surface area (Å²) in [6, 6.07) is 9.82. The molecule has 0 aliphatic carbocycles. The van der Waals surface area contributed by atoms with Crippen molar-refractivity contribution in [3.63, 3.8) is 0 Å². The highest BCUT2D eigenvalue weighted by molar-refractivity contribution is 7.89. The Hall–Kier alpha value is -1.67. The van der Waals surface area contributed by atoms with Gasteiger partial charge in [0.05, 0.1) is 16.3 Å². The van der Waals surface area contributed by atoms with Crippen LogP contribution in [0.2, 0.25) is 10.0 Å². The molecule has 0 unspecified atom stereocenters. The Morgan fingerprint density at radius 1 is 1.12 bits per heavy atom. The number of esters is 1. The van der Waals surface area contributed by atoms with Crippen molar-refractivity contribution in [2.75, 3.05) is 6.54 Å². The van der Waals surface area contributed by atoms with E-state index in [0.717, 1.165) is 23.8 Å². The highest BCUT2D eigenvalue weighted by Gasteiger charge is 2.16. The molecule has 0 bridgehead atoms. The third-order valence-electron chi connectivity index (χ3n) is 3.14. The second-order valence-corrected chi connectivity index (χ2v) is 7.62. The number of sulfonamides is 1. The molecule has 2 rings (SSSR count). The van der Waals surface area contributed by atoms with Crippen LogP contribution in [0.4, 0.5) is 4.39 Å². The van der Waals surface area contributed by atoms with Gasteiger partial charge in [0.15, 0.2) is 0 Å². The third-order valence-corrected chi connectivity index (χ3v) is 5.14. The summed E-state index contributed by atoms with van der Waals surface area (Å²) in [6.07, 6.45) is -0.151. The Morgan fingerprint density at radius 2 is 1.80 bits per heavy atom. The first-order valence-electron chi connectivity index (χ1n) is 7.13. The molecule has 0 amide bonds. The van der Waals surface area contributed by atoms with Gasteiger partial charge in [-0.1, -0.05) is 35.3 Å². The quantitative estimate of drug-likeness (QED) is 0.714. The lowest BCUT2D eigenvalue weighted by Gasteiger charge is -2.08. The van der Waals surface area contributed by atoms with Crippen LogP contribution < -0.4 is 4.72 Å². The van der Waals surface area contributed by atoms with E-state index in [-0.39, 0.29) is 29.5 Å². The summed E-state index contributed by atoms with van der Waals surface area (Å²) in [4.78, 5) is 11.5. The molecule has 134 valence electrons. The lowest BCUT2D eigenvalue weighted by Crippen LogP contribution is -2.26. The van der Waals surface area contributed by atoms with Crippen molar-refractivity contribution in [1.82, 2.24) is 4.72 Å². The molecule has 0 atom stereocenters. The van der Waals surface area contributed by atoms with Crippen LogP contribution in [0.1, 0.15) is 12.0 Å². The summed E-state index contributed by atoms with van der Waals surface area (Å²) < 4.78 is 44.4. The Labute approximate surface area is 154 Å². The topological polar surface area (TPSA) is 72.5 Å². The molecule has 1 N–H and O–H groups in total. The molecule has 0 heterocycles. The number of halogens is 3. The minimum atomic E-state index is -3.89. The fourth-order valence-electron chi connectivity index (χ4n) is 1.83. The van der Waals surface area contributed by atoms with Crippen molar-refractivity contribution in [2.24, 2.45) is 0 Å². The van der Waals surface area contributed by atoms with Crippen molar-refractivity contribution in [2.45, 2.75) is 17.9 Å². The fourth-order valence-corrected chi connectivity index (χ4v) is 3.26. The molecular weight excluding hydrogens is 392 g/mol. The van der Waals surface area contributed by atoms with E-state index in [4.69, 9.17) is 27.9 Å². The van der Waals surface area contributed by atoms with E-state index >= 15 is 0 Å². The van der Waals surface area contributed by atoms with Gasteiger partial charge in [-0.2, -0.15) is 0 Å². The molecule has 0 spiro atoms. The zero-order valence-corrected chi connectivity index (χ0v) is 15.2. The molecule has 0 fully saturated rings. The lowest BCUT2D eigenvalue weighted by molar-refractivity contribution is -0.144. The highest BCUT2D eigenvalue weighted by Crippen LogP contribution is 2.19. The molecule has 2 aromatic carbocycles. The smallest absolute Gasteiger partial charge is 0.307 e. The zero-order valence-electron chi connectivity index (χ0n) is 12.8. The lowest BCUT2D eigenvalue weighted by atomic mass is 10.2. The van der Waals surface area contributed by atoms with Crippen LogP contribution in [-0.2, 0) is 26.2 Å². The van der Waals surface area contributed by atoms with E-state index < -0.39 is 21.8 Å². The Kier molecular flexibility index (Phi) is 6.78. The van der Waals surface area contributed by atoms with Crippen LogP contribution in [0.5, 0.6) is 0 Å². The second-order valence-electron chi connectivity index (χ2n) is 5.01.